The molecule has 0 aromatic heterocycles. The van der Waals surface area contributed by atoms with Crippen LogP contribution in [0.4, 0.5) is 5.69 Å². The quantitative estimate of drug-likeness (QED) is 0.131. The van der Waals surface area contributed by atoms with Crippen molar-refractivity contribution in [3.63, 3.8) is 0 Å². The molecule has 5 aromatic rings. The molecule has 1 aliphatic rings. The second kappa shape index (κ2) is 15.8. The molecule has 2 N–H and O–H groups in total. The number of anilines is 1. The summed E-state index contributed by atoms with van der Waals surface area (Å²) in [6.07, 6.45) is 1.84. The Morgan fingerprint density at radius 3 is 2.15 bits per heavy atom. The predicted octanol–water partition coefficient (Wildman–Crippen LogP) is 7.40. The lowest BCUT2D eigenvalue weighted by Crippen LogP contribution is -2.39. The number of likely N-dealkylation sites (tertiary alicyclic amines) is 1. The minimum Gasteiger partial charge on any atom is -0.489 e. The van der Waals surface area contributed by atoms with Crippen LogP contribution in [0.25, 0.3) is 0 Å². The summed E-state index contributed by atoms with van der Waals surface area (Å²) >= 11 is 0. The SMILES string of the molecule is O=C(O)[C@H](Cc1ccccc1OCc1ccccc1)N=C(c1ccccc1)c1ccccc1NC(=O)[C@@H]1CCCN1Cc1ccccc1. The van der Waals surface area contributed by atoms with Gasteiger partial charge in [0.1, 0.15) is 12.4 Å². The molecule has 1 fully saturated rings. The van der Waals surface area contributed by atoms with E-state index in [2.05, 4.69) is 22.3 Å². The average molecular weight is 638 g/mol. The molecule has 7 heteroatoms. The van der Waals surface area contributed by atoms with Gasteiger partial charge >= 0.3 is 5.97 Å². The number of carboxylic acid groups (broad SMARTS) is 1. The number of carbonyl (C=O) groups excluding carboxylic acids is 1. The first-order chi connectivity index (χ1) is 23.5. The van der Waals surface area contributed by atoms with Gasteiger partial charge in [-0.1, -0.05) is 127 Å². The number of carbonyl (C=O) groups is 2. The minimum absolute atomic E-state index is 0.0810. The molecular formula is C41H39N3O4. The highest BCUT2D eigenvalue weighted by molar-refractivity contribution is 6.17. The van der Waals surface area contributed by atoms with E-state index in [1.165, 1.54) is 5.56 Å². The number of aliphatic carboxylic acids is 1. The molecular weight excluding hydrogens is 598 g/mol. The van der Waals surface area contributed by atoms with Gasteiger partial charge in [0.25, 0.3) is 0 Å². The van der Waals surface area contributed by atoms with Gasteiger partial charge in [-0.25, -0.2) is 4.79 Å². The maximum atomic E-state index is 13.8. The van der Waals surface area contributed by atoms with E-state index in [9.17, 15) is 14.7 Å². The lowest BCUT2D eigenvalue weighted by atomic mass is 9.98. The maximum absolute atomic E-state index is 13.8. The van der Waals surface area contributed by atoms with Crippen molar-refractivity contribution in [1.29, 1.82) is 0 Å². The summed E-state index contributed by atoms with van der Waals surface area (Å²) in [5, 5.41) is 13.6. The highest BCUT2D eigenvalue weighted by Gasteiger charge is 2.31. The third kappa shape index (κ3) is 8.24. The molecule has 48 heavy (non-hydrogen) atoms. The molecule has 2 atom stereocenters. The van der Waals surface area contributed by atoms with Gasteiger partial charge in [-0.2, -0.15) is 0 Å². The Morgan fingerprint density at radius 1 is 0.792 bits per heavy atom. The standard InChI is InChI=1S/C41H39N3O4/c45-40(37-24-14-26-44(37)28-30-15-4-1-5-16-30)43-35-23-12-11-22-34(35)39(32-19-8-3-9-20-32)42-36(41(46)47)27-33-21-10-13-25-38(33)48-29-31-17-6-2-7-18-31/h1-13,15-23,25,36-37H,14,24,26-29H2,(H,43,45)(H,46,47)/t36-,37-/m0/s1. The van der Waals surface area contributed by atoms with Crippen LogP contribution in [-0.4, -0.2) is 46.2 Å². The van der Waals surface area contributed by atoms with Crippen LogP contribution in [0.5, 0.6) is 5.75 Å². The lowest BCUT2D eigenvalue weighted by Gasteiger charge is -2.24. The summed E-state index contributed by atoms with van der Waals surface area (Å²) in [7, 11) is 0. The van der Waals surface area contributed by atoms with Crippen LogP contribution < -0.4 is 10.1 Å². The van der Waals surface area contributed by atoms with Gasteiger partial charge in [-0.3, -0.25) is 14.7 Å². The largest absolute Gasteiger partial charge is 0.489 e. The number of ether oxygens (including phenoxy) is 1. The van der Waals surface area contributed by atoms with Gasteiger partial charge in [0.2, 0.25) is 5.91 Å². The zero-order valence-corrected chi connectivity index (χ0v) is 26.7. The summed E-state index contributed by atoms with van der Waals surface area (Å²) in [4.78, 5) is 33.7. The van der Waals surface area contributed by atoms with Gasteiger partial charge in [0, 0.05) is 24.1 Å². The van der Waals surface area contributed by atoms with E-state index < -0.39 is 12.0 Å². The first-order valence-corrected chi connectivity index (χ1v) is 16.3. The number of benzene rings is 5. The summed E-state index contributed by atoms with van der Waals surface area (Å²) in [6.45, 7) is 1.92. The van der Waals surface area contributed by atoms with Crippen molar-refractivity contribution in [1.82, 2.24) is 4.90 Å². The Hall–Kier alpha value is -5.53. The van der Waals surface area contributed by atoms with E-state index in [1.54, 1.807) is 0 Å². The monoisotopic (exact) mass is 637 g/mol. The maximum Gasteiger partial charge on any atom is 0.328 e. The zero-order chi connectivity index (χ0) is 33.1. The molecule has 0 unspecified atom stereocenters. The molecule has 1 amide bonds. The number of nitrogens with one attached hydrogen (secondary N) is 1. The molecule has 242 valence electrons. The average Bonchev–Trinajstić information content (AvgIpc) is 3.59. The second-order valence-corrected chi connectivity index (χ2v) is 11.9. The molecule has 7 nitrogen and oxygen atoms in total. The first kappa shape index (κ1) is 32.4. The van der Waals surface area contributed by atoms with Crippen LogP contribution in [0.15, 0.2) is 145 Å². The van der Waals surface area contributed by atoms with Crippen molar-refractivity contribution in [2.24, 2.45) is 4.99 Å². The van der Waals surface area contributed by atoms with Crippen molar-refractivity contribution in [3.8, 4) is 5.75 Å². The second-order valence-electron chi connectivity index (χ2n) is 11.9. The molecule has 0 bridgehead atoms. The van der Waals surface area contributed by atoms with Crippen LogP contribution in [-0.2, 0) is 29.2 Å². The van der Waals surface area contributed by atoms with Gasteiger partial charge in [0.15, 0.2) is 6.04 Å². The van der Waals surface area contributed by atoms with Crippen LogP contribution in [0.2, 0.25) is 0 Å². The van der Waals surface area contributed by atoms with Gasteiger partial charge in [-0.05, 0) is 48.2 Å². The van der Waals surface area contributed by atoms with Crippen LogP contribution >= 0.6 is 0 Å². The van der Waals surface area contributed by atoms with Gasteiger partial charge in [-0.15, -0.1) is 0 Å². The predicted molar refractivity (Wildman–Crippen MR) is 189 cm³/mol. The fourth-order valence-corrected chi connectivity index (χ4v) is 6.14. The number of aliphatic imine (C=N–C) groups is 1. The van der Waals surface area contributed by atoms with Crippen molar-refractivity contribution in [2.45, 2.75) is 44.5 Å². The molecule has 0 saturated carbocycles. The Balaban J connectivity index is 1.28. The Labute approximate surface area is 281 Å². The first-order valence-electron chi connectivity index (χ1n) is 16.3. The Kier molecular flexibility index (Phi) is 10.7. The molecule has 1 saturated heterocycles. The number of nitrogens with zero attached hydrogens (tertiary/aromatic N) is 2. The molecule has 1 aliphatic heterocycles. The van der Waals surface area contributed by atoms with Crippen molar-refractivity contribution in [3.05, 3.63) is 167 Å². The molecule has 1 heterocycles. The Morgan fingerprint density at radius 2 is 1.42 bits per heavy atom. The third-order valence-corrected chi connectivity index (χ3v) is 8.58. The summed E-state index contributed by atoms with van der Waals surface area (Å²) in [5.41, 5.74) is 5.43. The number of rotatable bonds is 13. The summed E-state index contributed by atoms with van der Waals surface area (Å²) < 4.78 is 6.14. The molecule has 0 radical (unpaired) electrons. The van der Waals surface area contributed by atoms with Gasteiger partial charge in [0.05, 0.1) is 17.4 Å². The molecule has 0 aliphatic carbocycles. The summed E-state index contributed by atoms with van der Waals surface area (Å²) in [5.74, 6) is -0.513. The number of hydrogen-bond acceptors (Lipinski definition) is 5. The number of hydrogen-bond donors (Lipinski definition) is 2. The smallest absolute Gasteiger partial charge is 0.328 e. The molecule has 0 spiro atoms. The number of amides is 1. The van der Waals surface area contributed by atoms with Gasteiger partial charge < -0.3 is 15.2 Å². The molecule has 5 aromatic carbocycles. The van der Waals surface area contributed by atoms with Crippen LogP contribution in [0.3, 0.4) is 0 Å². The van der Waals surface area contributed by atoms with Crippen molar-refractivity contribution >= 4 is 23.3 Å². The summed E-state index contributed by atoms with van der Waals surface area (Å²) in [6, 6.07) is 43.1. The Bertz CT molecular complexity index is 1840. The van der Waals surface area contributed by atoms with Crippen molar-refractivity contribution < 1.29 is 19.4 Å². The highest BCUT2D eigenvalue weighted by atomic mass is 16.5. The van der Waals surface area contributed by atoms with Crippen molar-refractivity contribution in [2.75, 3.05) is 11.9 Å². The highest BCUT2D eigenvalue weighted by Crippen LogP contribution is 2.27. The fourth-order valence-electron chi connectivity index (χ4n) is 6.14. The van der Waals surface area contributed by atoms with Crippen LogP contribution in [0, 0.1) is 0 Å². The lowest BCUT2D eigenvalue weighted by molar-refractivity contribution is -0.138. The van der Waals surface area contributed by atoms with E-state index in [0.717, 1.165) is 36.1 Å². The molecule has 6 rings (SSSR count). The van der Waals surface area contributed by atoms with E-state index in [-0.39, 0.29) is 18.4 Å². The third-order valence-electron chi connectivity index (χ3n) is 8.58. The number of para-hydroxylation sites is 2. The topological polar surface area (TPSA) is 91.2 Å². The van der Waals surface area contributed by atoms with E-state index in [4.69, 9.17) is 9.73 Å². The fraction of sp³-hybridized carbons (Fsp3) is 0.195. The van der Waals surface area contributed by atoms with Crippen LogP contribution in [0.1, 0.15) is 40.7 Å². The number of carboxylic acids is 1. The van der Waals surface area contributed by atoms with E-state index in [0.29, 0.717) is 35.9 Å². The van der Waals surface area contributed by atoms with E-state index >= 15 is 0 Å². The minimum atomic E-state index is -1.11. The zero-order valence-electron chi connectivity index (χ0n) is 26.7. The normalized spacial score (nSPS) is 15.5. The van der Waals surface area contributed by atoms with E-state index in [1.807, 2.05) is 127 Å².